The van der Waals surface area contributed by atoms with Crippen LogP contribution >= 0.6 is 27.5 Å². The van der Waals surface area contributed by atoms with Crippen molar-refractivity contribution in [3.63, 3.8) is 0 Å². The van der Waals surface area contributed by atoms with Crippen LogP contribution in [0.5, 0.6) is 0 Å². The Morgan fingerprint density at radius 1 is 1.47 bits per heavy atom. The third kappa shape index (κ3) is 3.75. The summed E-state index contributed by atoms with van der Waals surface area (Å²) in [4.78, 5) is 0. The number of sulfonamides is 1. The van der Waals surface area contributed by atoms with Crippen molar-refractivity contribution >= 4 is 37.6 Å². The molecule has 0 N–H and O–H groups in total. The van der Waals surface area contributed by atoms with E-state index in [0.29, 0.717) is 11.6 Å². The van der Waals surface area contributed by atoms with E-state index in [1.165, 1.54) is 11.4 Å². The van der Waals surface area contributed by atoms with E-state index in [2.05, 4.69) is 15.9 Å². The van der Waals surface area contributed by atoms with Gasteiger partial charge in [0, 0.05) is 18.6 Å². The van der Waals surface area contributed by atoms with Gasteiger partial charge in [0.25, 0.3) is 0 Å². The van der Waals surface area contributed by atoms with E-state index < -0.39 is 10.0 Å². The van der Waals surface area contributed by atoms with Crippen molar-refractivity contribution in [3.05, 3.63) is 34.9 Å². The summed E-state index contributed by atoms with van der Waals surface area (Å²) >= 11 is 8.74. The summed E-state index contributed by atoms with van der Waals surface area (Å²) in [5.41, 5.74) is 0.870. The van der Waals surface area contributed by atoms with Crippen molar-refractivity contribution in [2.45, 2.75) is 6.54 Å². The van der Waals surface area contributed by atoms with E-state index in [-0.39, 0.29) is 4.66 Å². The minimum absolute atomic E-state index is 0.0724. The highest BCUT2D eigenvalue weighted by molar-refractivity contribution is 9.10. The molecule has 6 heteroatoms. The normalized spacial score (nSPS) is 12.0. The average molecular weight is 313 g/mol. The molecule has 1 rings (SSSR count). The molecule has 0 heterocycles. The van der Waals surface area contributed by atoms with Crippen molar-refractivity contribution < 1.29 is 8.42 Å². The van der Waals surface area contributed by atoms with Crippen LogP contribution in [0.2, 0.25) is 5.02 Å². The first-order chi connectivity index (χ1) is 6.95. The lowest BCUT2D eigenvalue weighted by atomic mass is 10.2. The molecule has 3 nitrogen and oxygen atoms in total. The van der Waals surface area contributed by atoms with E-state index in [0.717, 1.165) is 5.56 Å². The molecule has 0 amide bonds. The van der Waals surface area contributed by atoms with Crippen LogP contribution in [-0.2, 0) is 16.6 Å². The Kier molecular flexibility index (Phi) is 4.58. The van der Waals surface area contributed by atoms with Crippen molar-refractivity contribution in [1.82, 2.24) is 4.31 Å². The van der Waals surface area contributed by atoms with E-state index in [9.17, 15) is 8.42 Å². The van der Waals surface area contributed by atoms with Crippen molar-refractivity contribution in [1.29, 1.82) is 0 Å². The highest BCUT2D eigenvalue weighted by Crippen LogP contribution is 2.14. The van der Waals surface area contributed by atoms with Gasteiger partial charge in [-0.2, -0.15) is 4.31 Å². The molecule has 0 fully saturated rings. The Morgan fingerprint density at radius 3 is 2.67 bits per heavy atom. The molecule has 15 heavy (non-hydrogen) atoms. The number of nitrogens with zero attached hydrogens (tertiary/aromatic N) is 1. The molecule has 1 aromatic rings. The fourth-order valence-corrected chi connectivity index (χ4v) is 2.85. The van der Waals surface area contributed by atoms with E-state index in [1.807, 2.05) is 6.07 Å². The summed E-state index contributed by atoms with van der Waals surface area (Å²) in [5.74, 6) is 0. The van der Waals surface area contributed by atoms with Gasteiger partial charge in [0.2, 0.25) is 10.0 Å². The Morgan fingerprint density at radius 2 is 2.13 bits per heavy atom. The molecule has 1 aromatic carbocycles. The molecule has 0 aliphatic heterocycles. The fourth-order valence-electron chi connectivity index (χ4n) is 1.07. The molecule has 0 spiro atoms. The number of halogens is 2. The monoisotopic (exact) mass is 311 g/mol. The molecule has 0 aliphatic carbocycles. The zero-order valence-corrected chi connectivity index (χ0v) is 11.3. The summed E-state index contributed by atoms with van der Waals surface area (Å²) in [6.45, 7) is 0.328. The first-order valence-corrected chi connectivity index (χ1v) is 7.31. The molecular formula is C9H11BrClNO2S. The van der Waals surface area contributed by atoms with Crippen molar-refractivity contribution in [3.8, 4) is 0 Å². The maximum atomic E-state index is 11.4. The quantitative estimate of drug-likeness (QED) is 0.801. The van der Waals surface area contributed by atoms with Crippen LogP contribution in [-0.4, -0.2) is 24.4 Å². The highest BCUT2D eigenvalue weighted by atomic mass is 79.9. The lowest BCUT2D eigenvalue weighted by molar-refractivity contribution is 0.471. The average Bonchev–Trinajstić information content (AvgIpc) is 2.17. The maximum Gasteiger partial charge on any atom is 0.224 e. The number of rotatable bonds is 4. The van der Waals surface area contributed by atoms with Crippen LogP contribution < -0.4 is 0 Å². The first-order valence-electron chi connectivity index (χ1n) is 4.20. The second-order valence-corrected chi connectivity index (χ2v) is 6.92. The maximum absolute atomic E-state index is 11.4. The molecule has 84 valence electrons. The summed E-state index contributed by atoms with van der Waals surface area (Å²) in [7, 11) is -1.66. The molecule has 0 radical (unpaired) electrons. The van der Waals surface area contributed by atoms with Crippen LogP contribution in [0, 0.1) is 0 Å². The van der Waals surface area contributed by atoms with E-state index in [4.69, 9.17) is 11.6 Å². The van der Waals surface area contributed by atoms with Crippen LogP contribution in [0.4, 0.5) is 0 Å². The number of hydrogen-bond donors (Lipinski definition) is 0. The SMILES string of the molecule is CN(Cc1cccc(Cl)c1)S(=O)(=O)CBr. The molecule has 0 aliphatic rings. The van der Waals surface area contributed by atoms with Gasteiger partial charge in [-0.05, 0) is 17.7 Å². The van der Waals surface area contributed by atoms with E-state index >= 15 is 0 Å². The van der Waals surface area contributed by atoms with Gasteiger partial charge in [-0.25, -0.2) is 8.42 Å². The smallest absolute Gasteiger partial charge is 0.211 e. The van der Waals surface area contributed by atoms with E-state index in [1.54, 1.807) is 18.2 Å². The minimum atomic E-state index is -3.20. The van der Waals surface area contributed by atoms with Crippen molar-refractivity contribution in [2.75, 3.05) is 11.7 Å². The van der Waals surface area contributed by atoms with Crippen LogP contribution in [0.3, 0.4) is 0 Å². The van der Waals surface area contributed by atoms with Gasteiger partial charge in [-0.3, -0.25) is 0 Å². The number of alkyl halides is 1. The highest BCUT2D eigenvalue weighted by Gasteiger charge is 2.15. The van der Waals surface area contributed by atoms with Gasteiger partial charge in [-0.1, -0.05) is 39.7 Å². The van der Waals surface area contributed by atoms with Gasteiger partial charge in [0.1, 0.15) is 4.66 Å². The van der Waals surface area contributed by atoms with Gasteiger partial charge < -0.3 is 0 Å². The van der Waals surface area contributed by atoms with Gasteiger partial charge >= 0.3 is 0 Å². The lowest BCUT2D eigenvalue weighted by Crippen LogP contribution is -2.26. The Bertz CT molecular complexity index is 435. The summed E-state index contributed by atoms with van der Waals surface area (Å²) < 4.78 is 24.1. The van der Waals surface area contributed by atoms with Gasteiger partial charge in [0.05, 0.1) is 0 Å². The molecule has 0 atom stereocenters. The molecule has 0 saturated heterocycles. The predicted molar refractivity (Wildman–Crippen MR) is 65.6 cm³/mol. The Balaban J connectivity index is 2.79. The largest absolute Gasteiger partial charge is 0.224 e. The first kappa shape index (κ1) is 13.0. The summed E-state index contributed by atoms with van der Waals surface area (Å²) in [6, 6.07) is 7.14. The zero-order chi connectivity index (χ0) is 11.5. The zero-order valence-electron chi connectivity index (χ0n) is 8.15. The second kappa shape index (κ2) is 5.30. The third-order valence-corrected chi connectivity index (χ3v) is 5.23. The number of hydrogen-bond acceptors (Lipinski definition) is 2. The third-order valence-electron chi connectivity index (χ3n) is 1.91. The fraction of sp³-hybridized carbons (Fsp3) is 0.333. The minimum Gasteiger partial charge on any atom is -0.211 e. The van der Waals surface area contributed by atoms with Crippen LogP contribution in [0.25, 0.3) is 0 Å². The molecular weight excluding hydrogens is 302 g/mol. The van der Waals surface area contributed by atoms with Gasteiger partial charge in [-0.15, -0.1) is 0 Å². The molecule has 0 saturated carbocycles. The Hall–Kier alpha value is -0.100. The molecule has 0 bridgehead atoms. The topological polar surface area (TPSA) is 37.4 Å². The Labute approximate surface area is 103 Å². The predicted octanol–water partition coefficient (Wildman–Crippen LogP) is 2.45. The summed E-state index contributed by atoms with van der Waals surface area (Å²) in [6.07, 6.45) is 0. The van der Waals surface area contributed by atoms with Crippen molar-refractivity contribution in [2.24, 2.45) is 0 Å². The van der Waals surface area contributed by atoms with Crippen LogP contribution in [0.1, 0.15) is 5.56 Å². The summed E-state index contributed by atoms with van der Waals surface area (Å²) in [5, 5.41) is 0.608. The van der Waals surface area contributed by atoms with Crippen LogP contribution in [0.15, 0.2) is 24.3 Å². The second-order valence-electron chi connectivity index (χ2n) is 3.11. The molecule has 0 unspecified atom stereocenters. The standard InChI is InChI=1S/C9H11BrClNO2S/c1-12(15(13,14)7-10)6-8-3-2-4-9(11)5-8/h2-5H,6-7H2,1H3. The molecule has 0 aromatic heterocycles. The lowest BCUT2D eigenvalue weighted by Gasteiger charge is -2.15. The number of benzene rings is 1. The van der Waals surface area contributed by atoms with Gasteiger partial charge in [0.15, 0.2) is 0 Å².